The lowest BCUT2D eigenvalue weighted by Crippen LogP contribution is -2.45. The fourth-order valence-electron chi connectivity index (χ4n) is 5.54. The van der Waals surface area contributed by atoms with E-state index in [-0.39, 0.29) is 11.8 Å². The van der Waals surface area contributed by atoms with Crippen LogP contribution >= 0.6 is 0 Å². The van der Waals surface area contributed by atoms with Gasteiger partial charge < -0.3 is 19.3 Å². The number of nitrogens with one attached hydrogen (secondary N) is 1. The number of hydrogen-bond donors (Lipinski definition) is 1. The molecule has 1 N–H and O–H groups in total. The molecule has 1 amide bonds. The van der Waals surface area contributed by atoms with Gasteiger partial charge in [0.15, 0.2) is 5.60 Å². The Balaban J connectivity index is 1.24. The molecule has 0 spiro atoms. The van der Waals surface area contributed by atoms with Crippen LogP contribution in [-0.4, -0.2) is 57.3 Å². The van der Waals surface area contributed by atoms with Crippen LogP contribution < -0.4 is 9.64 Å². The fourth-order valence-corrected chi connectivity index (χ4v) is 5.54. The quantitative estimate of drug-likeness (QED) is 0.303. The standard InChI is InChI=1S/C34H44N4O4/c1-23-30(20-35-36-23)25-14-12-24(13-15-25)21-38(27-16-17-27)31(39)26-9-8-18-37(22-26)28-10-7-11-29(19-28)41-34(5,6)32(40)42-33(2,3)4/h7,10-15,19-20,26-27H,8-9,16-18,21-22H2,1-6H3,(H,35,36). The number of anilines is 1. The number of ether oxygens (including phenoxy) is 2. The predicted molar refractivity (Wildman–Crippen MR) is 164 cm³/mol. The van der Waals surface area contributed by atoms with Crippen molar-refractivity contribution in [1.29, 1.82) is 0 Å². The summed E-state index contributed by atoms with van der Waals surface area (Å²) in [7, 11) is 0. The third kappa shape index (κ3) is 7.15. The zero-order valence-corrected chi connectivity index (χ0v) is 25.8. The molecule has 3 aromatic rings. The lowest BCUT2D eigenvalue weighted by Gasteiger charge is -2.37. The van der Waals surface area contributed by atoms with Crippen LogP contribution in [-0.2, 0) is 20.9 Å². The van der Waals surface area contributed by atoms with E-state index in [1.54, 1.807) is 13.8 Å². The van der Waals surface area contributed by atoms with Gasteiger partial charge in [-0.2, -0.15) is 5.10 Å². The third-order valence-corrected chi connectivity index (χ3v) is 7.94. The summed E-state index contributed by atoms with van der Waals surface area (Å²) < 4.78 is 11.7. The molecule has 0 radical (unpaired) electrons. The maximum Gasteiger partial charge on any atom is 0.350 e. The minimum absolute atomic E-state index is 0.0602. The highest BCUT2D eigenvalue weighted by atomic mass is 16.6. The first kappa shape index (κ1) is 29.7. The Kier molecular flexibility index (Phi) is 8.35. The van der Waals surface area contributed by atoms with E-state index >= 15 is 0 Å². The lowest BCUT2D eigenvalue weighted by atomic mass is 9.95. The number of esters is 1. The van der Waals surface area contributed by atoms with Gasteiger partial charge in [-0.05, 0) is 90.5 Å². The second-order valence-electron chi connectivity index (χ2n) is 13.2. The van der Waals surface area contributed by atoms with Gasteiger partial charge in [-0.1, -0.05) is 30.3 Å². The van der Waals surface area contributed by atoms with Crippen molar-refractivity contribution in [3.63, 3.8) is 0 Å². The smallest absolute Gasteiger partial charge is 0.350 e. The Hall–Kier alpha value is -3.81. The van der Waals surface area contributed by atoms with Crippen LogP contribution in [0.15, 0.2) is 54.7 Å². The Bertz CT molecular complexity index is 1400. The van der Waals surface area contributed by atoms with E-state index in [9.17, 15) is 9.59 Å². The number of aromatic nitrogens is 2. The highest BCUT2D eigenvalue weighted by Crippen LogP contribution is 2.34. The van der Waals surface area contributed by atoms with Crippen LogP contribution in [0.3, 0.4) is 0 Å². The van der Waals surface area contributed by atoms with Crippen molar-refractivity contribution in [3.05, 3.63) is 66.0 Å². The molecule has 1 atom stereocenters. The first-order valence-corrected chi connectivity index (χ1v) is 15.1. The highest BCUT2D eigenvalue weighted by Gasteiger charge is 2.38. The second kappa shape index (κ2) is 11.8. The Morgan fingerprint density at radius 1 is 1.05 bits per heavy atom. The Labute approximate surface area is 249 Å². The Morgan fingerprint density at radius 3 is 2.43 bits per heavy atom. The molecule has 2 aromatic carbocycles. The normalized spacial score (nSPS) is 17.6. The van der Waals surface area contributed by atoms with Crippen molar-refractivity contribution < 1.29 is 19.1 Å². The van der Waals surface area contributed by atoms with Crippen molar-refractivity contribution in [2.45, 2.75) is 91.0 Å². The van der Waals surface area contributed by atoms with Crippen molar-refractivity contribution in [2.75, 3.05) is 18.0 Å². The first-order chi connectivity index (χ1) is 19.9. The number of aryl methyl sites for hydroxylation is 1. The van der Waals surface area contributed by atoms with Gasteiger partial charge in [-0.25, -0.2) is 4.79 Å². The number of amides is 1. The summed E-state index contributed by atoms with van der Waals surface area (Å²) in [6, 6.07) is 16.6. The third-order valence-electron chi connectivity index (χ3n) is 7.94. The van der Waals surface area contributed by atoms with Crippen molar-refractivity contribution >= 4 is 17.6 Å². The van der Waals surface area contributed by atoms with Crippen molar-refractivity contribution in [2.24, 2.45) is 5.92 Å². The number of H-pyrrole nitrogens is 1. The molecule has 1 unspecified atom stereocenters. The molecular weight excluding hydrogens is 528 g/mol. The molecule has 2 fully saturated rings. The molecule has 8 nitrogen and oxygen atoms in total. The number of carbonyl (C=O) groups is 2. The topological polar surface area (TPSA) is 87.8 Å². The monoisotopic (exact) mass is 572 g/mol. The average Bonchev–Trinajstić information content (AvgIpc) is 3.70. The number of nitrogens with zero attached hydrogens (tertiary/aromatic N) is 3. The fraction of sp³-hybridized carbons (Fsp3) is 0.500. The zero-order chi connectivity index (χ0) is 30.1. The van der Waals surface area contributed by atoms with Crippen LogP contribution in [0.5, 0.6) is 5.75 Å². The maximum absolute atomic E-state index is 13.9. The van der Waals surface area contributed by atoms with Gasteiger partial charge in [0, 0.05) is 49.2 Å². The van der Waals surface area contributed by atoms with Gasteiger partial charge in [-0.15, -0.1) is 0 Å². The Morgan fingerprint density at radius 2 is 1.79 bits per heavy atom. The molecule has 2 heterocycles. The number of piperidine rings is 1. The zero-order valence-electron chi connectivity index (χ0n) is 25.8. The summed E-state index contributed by atoms with van der Waals surface area (Å²) >= 11 is 0. The maximum atomic E-state index is 13.9. The molecule has 1 saturated carbocycles. The molecule has 5 rings (SSSR count). The van der Waals surface area contributed by atoms with E-state index in [0.29, 0.717) is 24.9 Å². The van der Waals surface area contributed by atoms with E-state index in [0.717, 1.165) is 60.3 Å². The summed E-state index contributed by atoms with van der Waals surface area (Å²) in [4.78, 5) is 31.0. The molecule has 1 saturated heterocycles. The van der Waals surface area contributed by atoms with Gasteiger partial charge in [-0.3, -0.25) is 9.89 Å². The first-order valence-electron chi connectivity index (χ1n) is 15.1. The highest BCUT2D eigenvalue weighted by molar-refractivity contribution is 5.81. The number of aromatic amines is 1. The van der Waals surface area contributed by atoms with Crippen LogP contribution in [0, 0.1) is 12.8 Å². The van der Waals surface area contributed by atoms with Gasteiger partial charge >= 0.3 is 5.97 Å². The number of hydrogen-bond acceptors (Lipinski definition) is 6. The minimum atomic E-state index is -1.13. The van der Waals surface area contributed by atoms with Crippen LogP contribution in [0.1, 0.15) is 71.6 Å². The van der Waals surface area contributed by atoms with Crippen molar-refractivity contribution in [3.8, 4) is 16.9 Å². The van der Waals surface area contributed by atoms with E-state index in [2.05, 4.69) is 44.3 Å². The SMILES string of the molecule is Cc1n[nH]cc1-c1ccc(CN(C(=O)C2CCCN(c3cccc(OC(C)(C)C(=O)OC(C)(C)C)c3)C2)C2CC2)cc1. The van der Waals surface area contributed by atoms with E-state index in [1.807, 2.05) is 58.2 Å². The van der Waals surface area contributed by atoms with Gasteiger partial charge in [0.05, 0.1) is 11.6 Å². The van der Waals surface area contributed by atoms with Crippen LogP contribution in [0.4, 0.5) is 5.69 Å². The van der Waals surface area contributed by atoms with E-state index in [4.69, 9.17) is 9.47 Å². The molecule has 8 heteroatoms. The molecule has 0 bridgehead atoms. The number of carbonyl (C=O) groups excluding carboxylic acids is 2. The summed E-state index contributed by atoms with van der Waals surface area (Å²) in [5.41, 5.74) is 3.61. The summed E-state index contributed by atoms with van der Waals surface area (Å²) in [6.07, 6.45) is 5.90. The van der Waals surface area contributed by atoms with Gasteiger partial charge in [0.2, 0.25) is 5.91 Å². The van der Waals surface area contributed by atoms with E-state index in [1.165, 1.54) is 0 Å². The minimum Gasteiger partial charge on any atom is -0.476 e. The molecule has 2 aliphatic rings. The second-order valence-corrected chi connectivity index (χ2v) is 13.2. The molecule has 224 valence electrons. The van der Waals surface area contributed by atoms with Crippen LogP contribution in [0.2, 0.25) is 0 Å². The summed E-state index contributed by atoms with van der Waals surface area (Å²) in [5.74, 6) is 0.381. The number of benzene rings is 2. The number of rotatable bonds is 9. The molecule has 42 heavy (non-hydrogen) atoms. The summed E-state index contributed by atoms with van der Waals surface area (Å²) in [6.45, 7) is 13.2. The molecule has 1 aliphatic carbocycles. The van der Waals surface area contributed by atoms with Gasteiger partial charge in [0.1, 0.15) is 11.4 Å². The van der Waals surface area contributed by atoms with Crippen LogP contribution in [0.25, 0.3) is 11.1 Å². The molecule has 1 aromatic heterocycles. The molecule has 1 aliphatic heterocycles. The molecular formula is C34H44N4O4. The lowest BCUT2D eigenvalue weighted by molar-refractivity contribution is -0.170. The summed E-state index contributed by atoms with van der Waals surface area (Å²) in [5, 5.41) is 7.15. The predicted octanol–water partition coefficient (Wildman–Crippen LogP) is 6.29. The average molecular weight is 573 g/mol. The van der Waals surface area contributed by atoms with Crippen molar-refractivity contribution in [1.82, 2.24) is 15.1 Å². The van der Waals surface area contributed by atoms with E-state index < -0.39 is 17.2 Å². The van der Waals surface area contributed by atoms with Gasteiger partial charge in [0.25, 0.3) is 0 Å². The largest absolute Gasteiger partial charge is 0.476 e.